The van der Waals surface area contributed by atoms with E-state index in [4.69, 9.17) is 9.47 Å². The normalized spacial score (nSPS) is 22.6. The third-order valence-corrected chi connectivity index (χ3v) is 10.0. The molecule has 3 aromatic rings. The van der Waals surface area contributed by atoms with E-state index in [1.807, 2.05) is 12.1 Å². The van der Waals surface area contributed by atoms with Crippen molar-refractivity contribution in [2.24, 2.45) is 23.7 Å². The highest BCUT2D eigenvalue weighted by Crippen LogP contribution is 2.48. The van der Waals surface area contributed by atoms with Crippen molar-refractivity contribution in [3.8, 4) is 22.6 Å². The van der Waals surface area contributed by atoms with Gasteiger partial charge in [-0.15, -0.1) is 0 Å². The molecule has 0 radical (unpaired) electrons. The molecule has 232 valence electrons. The average Bonchev–Trinajstić information content (AvgIpc) is 3.03. The SMILES string of the molecule is CCOc1ccc(-c2ccc(OCc3ccc(C4CCC5CC(CCC(C)CC)CCC5C4)cc3)c(F)c2F)c(F)c1F. The van der Waals surface area contributed by atoms with E-state index in [2.05, 4.69) is 26.0 Å². The Kier molecular flexibility index (Phi) is 10.4. The molecule has 5 atom stereocenters. The summed E-state index contributed by atoms with van der Waals surface area (Å²) in [4.78, 5) is 0. The van der Waals surface area contributed by atoms with Crippen molar-refractivity contribution in [3.05, 3.63) is 82.9 Å². The maximum Gasteiger partial charge on any atom is 0.201 e. The average molecular weight is 597 g/mol. The van der Waals surface area contributed by atoms with Gasteiger partial charge >= 0.3 is 0 Å². The highest BCUT2D eigenvalue weighted by atomic mass is 19.2. The highest BCUT2D eigenvalue weighted by molar-refractivity contribution is 5.67. The first kappa shape index (κ1) is 31.4. The topological polar surface area (TPSA) is 18.5 Å². The summed E-state index contributed by atoms with van der Waals surface area (Å²) in [5, 5.41) is 0. The minimum absolute atomic E-state index is 0.0649. The predicted octanol–water partition coefficient (Wildman–Crippen LogP) is 11.0. The highest BCUT2D eigenvalue weighted by Gasteiger charge is 2.36. The second-order valence-corrected chi connectivity index (χ2v) is 12.7. The van der Waals surface area contributed by atoms with Gasteiger partial charge in [0.15, 0.2) is 23.1 Å². The van der Waals surface area contributed by atoms with E-state index in [1.165, 1.54) is 87.6 Å². The monoisotopic (exact) mass is 596 g/mol. The Morgan fingerprint density at radius 3 is 1.93 bits per heavy atom. The Morgan fingerprint density at radius 1 is 0.698 bits per heavy atom. The smallest absolute Gasteiger partial charge is 0.201 e. The number of ether oxygens (including phenoxy) is 2. The van der Waals surface area contributed by atoms with Gasteiger partial charge in [-0.3, -0.25) is 0 Å². The molecular formula is C37H44F4O2. The van der Waals surface area contributed by atoms with Gasteiger partial charge < -0.3 is 9.47 Å². The Labute approximate surface area is 253 Å². The van der Waals surface area contributed by atoms with Crippen LogP contribution in [0.15, 0.2) is 48.5 Å². The summed E-state index contributed by atoms with van der Waals surface area (Å²) < 4.78 is 69.4. The zero-order chi connectivity index (χ0) is 30.5. The van der Waals surface area contributed by atoms with Crippen molar-refractivity contribution in [3.63, 3.8) is 0 Å². The second-order valence-electron chi connectivity index (χ2n) is 12.7. The van der Waals surface area contributed by atoms with Crippen LogP contribution >= 0.6 is 0 Å². The molecule has 43 heavy (non-hydrogen) atoms. The summed E-state index contributed by atoms with van der Waals surface area (Å²) in [6.45, 7) is 6.52. The summed E-state index contributed by atoms with van der Waals surface area (Å²) in [7, 11) is 0. The molecule has 0 heterocycles. The van der Waals surface area contributed by atoms with E-state index in [9.17, 15) is 17.6 Å². The lowest BCUT2D eigenvalue weighted by Gasteiger charge is -2.42. The number of rotatable bonds is 11. The molecule has 2 aliphatic carbocycles. The lowest BCUT2D eigenvalue weighted by atomic mass is 9.63. The molecule has 0 aliphatic heterocycles. The molecule has 2 aliphatic rings. The van der Waals surface area contributed by atoms with Crippen LogP contribution in [0.2, 0.25) is 0 Å². The quantitative estimate of drug-likeness (QED) is 0.205. The van der Waals surface area contributed by atoms with Crippen molar-refractivity contribution in [2.75, 3.05) is 6.61 Å². The molecule has 0 saturated heterocycles. The van der Waals surface area contributed by atoms with Gasteiger partial charge in [0, 0.05) is 11.1 Å². The molecule has 0 bridgehead atoms. The summed E-state index contributed by atoms with van der Waals surface area (Å²) in [6, 6.07) is 13.1. The molecule has 3 aromatic carbocycles. The van der Waals surface area contributed by atoms with Gasteiger partial charge in [0.05, 0.1) is 6.61 Å². The standard InChI is InChI=1S/C37H44F4O2/c1-4-23(3)6-7-24-8-13-29-21-28(15-14-27(29)20-24)26-11-9-25(10-12-26)22-43-33-19-17-31(35(39)37(33)41)30-16-18-32(42-5-2)36(40)34(30)38/h9-12,16-19,23-24,27-29H,4-8,13-15,20-22H2,1-3H3. The van der Waals surface area contributed by atoms with Crippen LogP contribution in [-0.2, 0) is 6.61 Å². The summed E-state index contributed by atoms with van der Waals surface area (Å²) >= 11 is 0. The summed E-state index contributed by atoms with van der Waals surface area (Å²) in [5.74, 6) is -1.60. The fourth-order valence-corrected chi connectivity index (χ4v) is 7.18. The maximum atomic E-state index is 14.9. The number of halogens is 4. The molecule has 5 rings (SSSR count). The molecule has 2 fully saturated rings. The molecule has 2 nitrogen and oxygen atoms in total. The largest absolute Gasteiger partial charge is 0.491 e. The van der Waals surface area contributed by atoms with E-state index >= 15 is 0 Å². The van der Waals surface area contributed by atoms with Crippen LogP contribution in [0.3, 0.4) is 0 Å². The Balaban J connectivity index is 1.16. The molecule has 0 amide bonds. The van der Waals surface area contributed by atoms with Crippen molar-refractivity contribution >= 4 is 0 Å². The van der Waals surface area contributed by atoms with E-state index in [0.29, 0.717) is 5.92 Å². The van der Waals surface area contributed by atoms with Crippen LogP contribution in [0.4, 0.5) is 17.6 Å². The second kappa shape index (κ2) is 14.2. The Hall–Kier alpha value is -3.02. The van der Waals surface area contributed by atoms with Gasteiger partial charge in [-0.25, -0.2) is 8.78 Å². The number of hydrogen-bond acceptors (Lipinski definition) is 2. The lowest BCUT2D eigenvalue weighted by Crippen LogP contribution is -2.30. The molecule has 6 heteroatoms. The van der Waals surface area contributed by atoms with Gasteiger partial charge in [0.2, 0.25) is 11.6 Å². The van der Waals surface area contributed by atoms with E-state index in [1.54, 1.807) is 6.92 Å². The van der Waals surface area contributed by atoms with Crippen LogP contribution < -0.4 is 9.47 Å². The number of hydrogen-bond donors (Lipinski definition) is 0. The maximum absolute atomic E-state index is 14.9. The summed E-state index contributed by atoms with van der Waals surface area (Å²) in [5.41, 5.74) is 1.42. The van der Waals surface area contributed by atoms with Crippen molar-refractivity contribution in [2.45, 2.75) is 91.1 Å². The summed E-state index contributed by atoms with van der Waals surface area (Å²) in [6.07, 6.45) is 12.0. The molecule has 0 spiro atoms. The van der Waals surface area contributed by atoms with Crippen LogP contribution in [0.1, 0.15) is 95.6 Å². The predicted molar refractivity (Wildman–Crippen MR) is 163 cm³/mol. The zero-order valence-electron chi connectivity index (χ0n) is 25.6. The minimum Gasteiger partial charge on any atom is -0.491 e. The first-order valence-electron chi connectivity index (χ1n) is 16.1. The molecule has 2 saturated carbocycles. The van der Waals surface area contributed by atoms with Gasteiger partial charge in [-0.05, 0) is 104 Å². The van der Waals surface area contributed by atoms with Crippen LogP contribution in [0.5, 0.6) is 11.5 Å². The third kappa shape index (κ3) is 7.21. The van der Waals surface area contributed by atoms with Crippen LogP contribution in [-0.4, -0.2) is 6.61 Å². The van der Waals surface area contributed by atoms with Gasteiger partial charge in [-0.1, -0.05) is 63.8 Å². The van der Waals surface area contributed by atoms with E-state index in [-0.39, 0.29) is 35.8 Å². The first-order valence-corrected chi connectivity index (χ1v) is 16.1. The molecular weight excluding hydrogens is 552 g/mol. The van der Waals surface area contributed by atoms with Crippen LogP contribution in [0.25, 0.3) is 11.1 Å². The van der Waals surface area contributed by atoms with E-state index in [0.717, 1.165) is 29.2 Å². The fourth-order valence-electron chi connectivity index (χ4n) is 7.18. The molecule has 5 unspecified atom stereocenters. The fraction of sp³-hybridized carbons (Fsp3) is 0.514. The van der Waals surface area contributed by atoms with Crippen molar-refractivity contribution in [1.82, 2.24) is 0 Å². The van der Waals surface area contributed by atoms with Gasteiger partial charge in [0.25, 0.3) is 0 Å². The van der Waals surface area contributed by atoms with Crippen molar-refractivity contribution in [1.29, 1.82) is 0 Å². The van der Waals surface area contributed by atoms with Crippen molar-refractivity contribution < 1.29 is 27.0 Å². The number of benzene rings is 3. The van der Waals surface area contributed by atoms with E-state index < -0.39 is 23.3 Å². The van der Waals surface area contributed by atoms with Crippen LogP contribution in [0, 0.1) is 46.9 Å². The molecule has 0 aromatic heterocycles. The third-order valence-electron chi connectivity index (χ3n) is 10.0. The first-order chi connectivity index (χ1) is 20.8. The van der Waals surface area contributed by atoms with Gasteiger partial charge in [-0.2, -0.15) is 8.78 Å². The Morgan fingerprint density at radius 2 is 1.30 bits per heavy atom. The van der Waals surface area contributed by atoms with Gasteiger partial charge in [0.1, 0.15) is 6.61 Å². The molecule has 0 N–H and O–H groups in total. The zero-order valence-corrected chi connectivity index (χ0v) is 25.6. The number of fused-ring (bicyclic) bond motifs is 1. The Bertz CT molecular complexity index is 1370. The lowest BCUT2D eigenvalue weighted by molar-refractivity contribution is 0.111. The minimum atomic E-state index is -1.30.